The number of ether oxygens (including phenoxy) is 2. The van der Waals surface area contributed by atoms with Crippen molar-refractivity contribution < 1.29 is 32.1 Å². The van der Waals surface area contributed by atoms with Gasteiger partial charge in [0.15, 0.2) is 5.82 Å². The molecule has 2 bridgehead atoms. The summed E-state index contributed by atoms with van der Waals surface area (Å²) in [5.41, 5.74) is 6.33. The monoisotopic (exact) mass is 659 g/mol. The molecule has 4 atom stereocenters. The molecule has 5 aliphatic rings. The zero-order valence-corrected chi connectivity index (χ0v) is 26.3. The third-order valence-corrected chi connectivity index (χ3v) is 11.2. The molecule has 2 aromatic heterocycles. The van der Waals surface area contributed by atoms with Crippen LogP contribution in [0, 0.1) is 23.0 Å². The van der Waals surface area contributed by atoms with Crippen molar-refractivity contribution in [2.75, 3.05) is 43.4 Å². The van der Waals surface area contributed by atoms with Gasteiger partial charge in [0.2, 0.25) is 5.88 Å². The summed E-state index contributed by atoms with van der Waals surface area (Å²) in [6, 6.07) is 4.53. The smallest absolute Gasteiger partial charge is 0.376 e. The van der Waals surface area contributed by atoms with Crippen LogP contribution in [0.1, 0.15) is 42.4 Å². The second kappa shape index (κ2) is 10.7. The average molecular weight is 659 g/mol. The van der Waals surface area contributed by atoms with Gasteiger partial charge < -0.3 is 34.4 Å². The lowest BCUT2D eigenvalue weighted by Crippen LogP contribution is -2.51. The van der Waals surface area contributed by atoms with E-state index in [4.69, 9.17) is 24.6 Å². The van der Waals surface area contributed by atoms with Crippen LogP contribution in [0.15, 0.2) is 16.5 Å². The normalized spacial score (nSPS) is 26.6. The van der Waals surface area contributed by atoms with Gasteiger partial charge in [0.1, 0.15) is 47.1 Å². The third-order valence-electron chi connectivity index (χ3n) is 11.2. The number of furan rings is 1. The number of hydrogen-bond acceptors (Lipinski definition) is 11. The molecule has 4 aromatic rings. The lowest BCUT2D eigenvalue weighted by Gasteiger charge is -2.36. The molecule has 3 N–H and O–H groups in total. The Morgan fingerprint density at radius 3 is 2.75 bits per heavy atom. The van der Waals surface area contributed by atoms with Gasteiger partial charge in [-0.05, 0) is 55.9 Å². The highest BCUT2D eigenvalue weighted by Crippen LogP contribution is 2.48. The second-order valence-electron chi connectivity index (χ2n) is 13.8. The van der Waals surface area contributed by atoms with E-state index in [1.807, 2.05) is 10.9 Å². The molecule has 9 rings (SSSR count). The minimum Gasteiger partial charge on any atom is -0.461 e. The van der Waals surface area contributed by atoms with Gasteiger partial charge in [-0.3, -0.25) is 4.90 Å². The summed E-state index contributed by atoms with van der Waals surface area (Å²) < 4.78 is 65.6. The molecule has 4 saturated heterocycles. The van der Waals surface area contributed by atoms with Crippen molar-refractivity contribution >= 4 is 40.6 Å². The molecule has 5 aliphatic heterocycles. The molecule has 0 radical (unpaired) electrons. The van der Waals surface area contributed by atoms with Gasteiger partial charge in [0.25, 0.3) is 0 Å². The summed E-state index contributed by atoms with van der Waals surface area (Å²) in [6.45, 7) is 4.31. The molecule has 248 valence electrons. The van der Waals surface area contributed by atoms with Gasteiger partial charge in [0.05, 0.1) is 29.5 Å². The Bertz CT molecular complexity index is 2060. The largest absolute Gasteiger partial charge is 0.461 e. The Kier molecular flexibility index (Phi) is 6.69. The van der Waals surface area contributed by atoms with E-state index in [-0.39, 0.29) is 77.0 Å². The number of anilines is 2. The highest BCUT2D eigenvalue weighted by atomic mass is 19.1. The van der Waals surface area contributed by atoms with Crippen LogP contribution < -0.4 is 15.4 Å². The maximum atomic E-state index is 17.3. The van der Waals surface area contributed by atoms with Crippen LogP contribution in [-0.4, -0.2) is 88.3 Å². The van der Waals surface area contributed by atoms with E-state index in [2.05, 4.69) is 14.8 Å². The van der Waals surface area contributed by atoms with E-state index >= 15 is 8.78 Å². The molecule has 11 nitrogen and oxygen atoms in total. The molecule has 2 aromatic carbocycles. The van der Waals surface area contributed by atoms with Crippen LogP contribution in [0.2, 0.25) is 6.82 Å². The Morgan fingerprint density at radius 1 is 1.15 bits per heavy atom. The Labute approximate surface area is 274 Å². The van der Waals surface area contributed by atoms with Crippen molar-refractivity contribution in [1.82, 2.24) is 19.7 Å². The first kappa shape index (κ1) is 30.0. The molecular formula is C33H33BF3N7O4. The van der Waals surface area contributed by atoms with Gasteiger partial charge >= 0.3 is 13.1 Å². The number of piperazine rings is 1. The van der Waals surface area contributed by atoms with Crippen molar-refractivity contribution in [3.8, 4) is 23.2 Å². The van der Waals surface area contributed by atoms with Gasteiger partial charge in [-0.25, -0.2) is 13.2 Å². The Morgan fingerprint density at radius 2 is 1.98 bits per heavy atom. The molecule has 0 unspecified atom stereocenters. The molecule has 0 saturated carbocycles. The SMILES string of the molecule is CB(O)N1C[C@H]2C[C@@H]1CN2c1nc(OC[C@@]23CCCN2C[C@H](F)C3)nc2c(F)c(-c3c(F)ccc4oc(N)c(C#N)c34)c3c(c12)COC3. The standard InChI is InChI=1S/C33H33BF3N7O4/c1-34(45)44-12-17-7-18(44)11-43(17)31-26-21-14-46-13-20(21)25(27-22(36)3-4-23-24(27)19(9-38)30(39)48-23)28(37)29(26)40-32(41-31)47-15-33-5-2-6-42(33)10-16(35)8-33/h3-4,16-18,45H,2,5-8,10-15,39H2,1H3/t16-,17-,18-,33+/m1/s1. The second-order valence-corrected chi connectivity index (χ2v) is 13.8. The van der Waals surface area contributed by atoms with Gasteiger partial charge in [-0.1, -0.05) is 0 Å². The number of nitrogens with zero attached hydrogens (tertiary/aromatic N) is 6. The van der Waals surface area contributed by atoms with E-state index in [0.717, 1.165) is 31.9 Å². The highest BCUT2D eigenvalue weighted by Gasteiger charge is 2.50. The number of fused-ring (bicyclic) bond motifs is 7. The maximum absolute atomic E-state index is 17.3. The van der Waals surface area contributed by atoms with E-state index < -0.39 is 30.4 Å². The van der Waals surface area contributed by atoms with Crippen LogP contribution in [-0.2, 0) is 18.0 Å². The quantitative estimate of drug-likeness (QED) is 0.289. The zero-order valence-electron chi connectivity index (χ0n) is 26.3. The van der Waals surface area contributed by atoms with E-state index in [1.54, 1.807) is 6.82 Å². The summed E-state index contributed by atoms with van der Waals surface area (Å²) in [5.74, 6) is -1.26. The predicted molar refractivity (Wildman–Crippen MR) is 171 cm³/mol. The maximum Gasteiger partial charge on any atom is 0.376 e. The molecule has 0 aliphatic carbocycles. The van der Waals surface area contributed by atoms with Crippen molar-refractivity contribution in [2.24, 2.45) is 0 Å². The Balaban J connectivity index is 1.25. The highest BCUT2D eigenvalue weighted by molar-refractivity contribution is 6.45. The number of hydrogen-bond donors (Lipinski definition) is 2. The van der Waals surface area contributed by atoms with Crippen molar-refractivity contribution in [2.45, 2.75) is 69.5 Å². The fraction of sp³-hybridized carbons (Fsp3) is 0.485. The van der Waals surface area contributed by atoms with E-state index in [1.165, 1.54) is 6.07 Å². The first-order valence-electron chi connectivity index (χ1n) is 16.4. The van der Waals surface area contributed by atoms with Crippen LogP contribution in [0.4, 0.5) is 24.9 Å². The number of aromatic nitrogens is 2. The minimum absolute atomic E-state index is 0.000546. The van der Waals surface area contributed by atoms with E-state index in [9.17, 15) is 14.7 Å². The van der Waals surface area contributed by atoms with Crippen LogP contribution in [0.5, 0.6) is 6.01 Å². The van der Waals surface area contributed by atoms with E-state index in [0.29, 0.717) is 48.4 Å². The molecule has 48 heavy (non-hydrogen) atoms. The molecule has 0 spiro atoms. The lowest BCUT2D eigenvalue weighted by atomic mass is 9.84. The molecule has 7 heterocycles. The zero-order chi connectivity index (χ0) is 33.1. The number of nitrogens with two attached hydrogens (primary N) is 1. The lowest BCUT2D eigenvalue weighted by molar-refractivity contribution is 0.107. The molecule has 0 amide bonds. The molecular weight excluding hydrogens is 626 g/mol. The van der Waals surface area contributed by atoms with Crippen molar-refractivity contribution in [1.29, 1.82) is 5.26 Å². The fourth-order valence-electron chi connectivity index (χ4n) is 9.13. The summed E-state index contributed by atoms with van der Waals surface area (Å²) >= 11 is 0. The first-order valence-corrected chi connectivity index (χ1v) is 16.4. The van der Waals surface area contributed by atoms with Gasteiger partial charge in [0, 0.05) is 49.3 Å². The predicted octanol–water partition coefficient (Wildman–Crippen LogP) is 4.13. The minimum atomic E-state index is -0.950. The fourth-order valence-corrected chi connectivity index (χ4v) is 9.13. The number of alkyl halides is 1. The molecule has 4 fully saturated rings. The van der Waals surface area contributed by atoms with Crippen molar-refractivity contribution in [3.63, 3.8) is 0 Å². The Hall–Kier alpha value is -4.10. The summed E-state index contributed by atoms with van der Waals surface area (Å²) in [5, 5.41) is 20.8. The summed E-state index contributed by atoms with van der Waals surface area (Å²) in [7, 11) is -0.604. The topological polar surface area (TPSA) is 137 Å². The molecule has 15 heteroatoms. The van der Waals surface area contributed by atoms with Gasteiger partial charge in [-0.15, -0.1) is 0 Å². The summed E-state index contributed by atoms with van der Waals surface area (Å²) in [6.07, 6.45) is 1.91. The van der Waals surface area contributed by atoms with Crippen LogP contribution >= 0.6 is 0 Å². The number of nitriles is 1. The number of rotatable bonds is 6. The van der Waals surface area contributed by atoms with Crippen LogP contribution in [0.25, 0.3) is 33.0 Å². The van der Waals surface area contributed by atoms with Crippen LogP contribution in [0.3, 0.4) is 0 Å². The average Bonchev–Trinajstić information content (AvgIpc) is 3.90. The number of nitrogen functional groups attached to an aromatic ring is 1. The van der Waals surface area contributed by atoms with Crippen molar-refractivity contribution in [3.05, 3.63) is 40.5 Å². The summed E-state index contributed by atoms with van der Waals surface area (Å²) in [4.78, 5) is 15.8. The van der Waals surface area contributed by atoms with Gasteiger partial charge in [-0.2, -0.15) is 15.2 Å². The number of benzene rings is 2. The number of halogens is 3. The third kappa shape index (κ3) is 4.22. The first-order chi connectivity index (χ1) is 23.2.